The molecule has 76 valence electrons. The van der Waals surface area contributed by atoms with Gasteiger partial charge in [-0.25, -0.2) is 9.97 Å². The maximum absolute atomic E-state index is 4.47. The van der Waals surface area contributed by atoms with Crippen LogP contribution in [0.3, 0.4) is 0 Å². The van der Waals surface area contributed by atoms with Crippen LogP contribution in [0.25, 0.3) is 0 Å². The maximum atomic E-state index is 4.47. The molecule has 0 bridgehead atoms. The van der Waals surface area contributed by atoms with Crippen molar-refractivity contribution in [3.05, 3.63) is 17.6 Å². The summed E-state index contributed by atoms with van der Waals surface area (Å²) in [7, 11) is 1.89. The van der Waals surface area contributed by atoms with Crippen LogP contribution in [0.1, 0.15) is 23.9 Å². The smallest absolute Gasteiger partial charge is 0.135 e. The Bertz CT molecular complexity index is 318. The molecule has 2 N–H and O–H groups in total. The van der Waals surface area contributed by atoms with Crippen LogP contribution >= 0.6 is 0 Å². The second-order valence-electron chi connectivity index (χ2n) is 3.69. The summed E-state index contributed by atoms with van der Waals surface area (Å²) in [5.41, 5.74) is 1.03. The van der Waals surface area contributed by atoms with E-state index < -0.39 is 0 Å². The highest BCUT2D eigenvalue weighted by atomic mass is 15.0. The molecule has 1 atom stereocenters. The topological polar surface area (TPSA) is 49.8 Å². The lowest BCUT2D eigenvalue weighted by Crippen LogP contribution is -2.11. The molecule has 2 rings (SSSR count). The van der Waals surface area contributed by atoms with Crippen molar-refractivity contribution in [1.29, 1.82) is 0 Å². The molecule has 14 heavy (non-hydrogen) atoms. The van der Waals surface area contributed by atoms with Gasteiger partial charge in [0, 0.05) is 31.3 Å². The van der Waals surface area contributed by atoms with E-state index >= 15 is 0 Å². The number of nitrogens with one attached hydrogen (secondary N) is 2. The van der Waals surface area contributed by atoms with Gasteiger partial charge in [-0.2, -0.15) is 0 Å². The highest BCUT2D eigenvalue weighted by molar-refractivity contribution is 5.35. The third-order valence-electron chi connectivity index (χ3n) is 2.55. The molecule has 4 nitrogen and oxygen atoms in total. The van der Waals surface area contributed by atoms with Crippen LogP contribution in [0.15, 0.2) is 6.07 Å². The predicted octanol–water partition coefficient (Wildman–Crippen LogP) is 0.904. The van der Waals surface area contributed by atoms with E-state index in [9.17, 15) is 0 Å². The molecule has 1 fully saturated rings. The largest absolute Gasteiger partial charge is 0.373 e. The SMILES string of the molecule is CNc1cc(C)nc([C@H]2CCNC2)n1. The van der Waals surface area contributed by atoms with Gasteiger partial charge in [0.1, 0.15) is 11.6 Å². The monoisotopic (exact) mass is 192 g/mol. The summed E-state index contributed by atoms with van der Waals surface area (Å²) < 4.78 is 0. The number of rotatable bonds is 2. The third-order valence-corrected chi connectivity index (χ3v) is 2.55. The van der Waals surface area contributed by atoms with Crippen molar-refractivity contribution in [2.75, 3.05) is 25.5 Å². The Kier molecular flexibility index (Phi) is 2.63. The molecule has 1 aliphatic rings. The van der Waals surface area contributed by atoms with Gasteiger partial charge in [0.05, 0.1) is 0 Å². The molecule has 1 aromatic heterocycles. The summed E-state index contributed by atoms with van der Waals surface area (Å²) >= 11 is 0. The molecule has 4 heteroatoms. The Morgan fingerprint density at radius 3 is 3.00 bits per heavy atom. The number of hydrogen-bond acceptors (Lipinski definition) is 4. The molecule has 1 aromatic rings. The molecule has 0 saturated carbocycles. The van der Waals surface area contributed by atoms with Crippen molar-refractivity contribution in [2.45, 2.75) is 19.3 Å². The highest BCUT2D eigenvalue weighted by Crippen LogP contribution is 2.20. The van der Waals surface area contributed by atoms with Crippen LogP contribution in [0.5, 0.6) is 0 Å². The average Bonchev–Trinajstić information content (AvgIpc) is 2.69. The van der Waals surface area contributed by atoms with Crippen LogP contribution in [0, 0.1) is 6.92 Å². The van der Waals surface area contributed by atoms with Crippen LogP contribution in [-0.4, -0.2) is 30.1 Å². The van der Waals surface area contributed by atoms with Gasteiger partial charge in [-0.3, -0.25) is 0 Å². The average molecular weight is 192 g/mol. The number of aromatic nitrogens is 2. The Morgan fingerprint density at radius 1 is 1.50 bits per heavy atom. The minimum Gasteiger partial charge on any atom is -0.373 e. The lowest BCUT2D eigenvalue weighted by molar-refractivity contribution is 0.698. The van der Waals surface area contributed by atoms with E-state index in [4.69, 9.17) is 0 Å². The van der Waals surface area contributed by atoms with Crippen molar-refractivity contribution in [1.82, 2.24) is 15.3 Å². The molecular formula is C10H16N4. The van der Waals surface area contributed by atoms with Gasteiger partial charge < -0.3 is 10.6 Å². The first-order chi connectivity index (χ1) is 6.79. The lowest BCUT2D eigenvalue weighted by atomic mass is 10.1. The molecule has 0 unspecified atom stereocenters. The normalized spacial score (nSPS) is 21.1. The van der Waals surface area contributed by atoms with Crippen LogP contribution in [0.4, 0.5) is 5.82 Å². The standard InChI is InChI=1S/C10H16N4/c1-7-5-9(11-2)14-10(13-7)8-3-4-12-6-8/h5,8,12H,3-4,6H2,1-2H3,(H,11,13,14)/t8-/m0/s1. The Hall–Kier alpha value is -1.16. The van der Waals surface area contributed by atoms with Crippen molar-refractivity contribution in [3.63, 3.8) is 0 Å². The molecular weight excluding hydrogens is 176 g/mol. The number of anilines is 1. The van der Waals surface area contributed by atoms with E-state index in [1.54, 1.807) is 0 Å². The summed E-state index contributed by atoms with van der Waals surface area (Å²) in [5, 5.41) is 6.39. The summed E-state index contributed by atoms with van der Waals surface area (Å²) in [6.07, 6.45) is 1.15. The predicted molar refractivity (Wildman–Crippen MR) is 56.5 cm³/mol. The minimum absolute atomic E-state index is 0.488. The maximum Gasteiger partial charge on any atom is 0.135 e. The Balaban J connectivity index is 2.27. The third kappa shape index (κ3) is 1.85. The summed E-state index contributed by atoms with van der Waals surface area (Å²) in [5.74, 6) is 2.38. The van der Waals surface area contributed by atoms with E-state index in [0.29, 0.717) is 5.92 Å². The molecule has 1 aliphatic heterocycles. The lowest BCUT2D eigenvalue weighted by Gasteiger charge is -2.09. The summed E-state index contributed by atoms with van der Waals surface area (Å²) in [6.45, 7) is 4.10. The van der Waals surface area contributed by atoms with Gasteiger partial charge in [0.25, 0.3) is 0 Å². The van der Waals surface area contributed by atoms with Crippen molar-refractivity contribution in [2.24, 2.45) is 0 Å². The molecule has 0 aliphatic carbocycles. The summed E-state index contributed by atoms with van der Waals surface area (Å²) in [6, 6.07) is 1.96. The molecule has 1 saturated heterocycles. The van der Waals surface area contributed by atoms with Crippen molar-refractivity contribution >= 4 is 5.82 Å². The zero-order valence-corrected chi connectivity index (χ0v) is 8.67. The summed E-state index contributed by atoms with van der Waals surface area (Å²) in [4.78, 5) is 8.94. The fourth-order valence-electron chi connectivity index (χ4n) is 1.78. The number of hydrogen-bond donors (Lipinski definition) is 2. The first kappa shape index (κ1) is 9.40. The molecule has 0 radical (unpaired) electrons. The van der Waals surface area contributed by atoms with Crippen LogP contribution < -0.4 is 10.6 Å². The van der Waals surface area contributed by atoms with Gasteiger partial charge in [-0.15, -0.1) is 0 Å². The van der Waals surface area contributed by atoms with E-state index in [2.05, 4.69) is 20.6 Å². The van der Waals surface area contributed by atoms with E-state index in [1.807, 2.05) is 20.0 Å². The van der Waals surface area contributed by atoms with Gasteiger partial charge in [-0.05, 0) is 19.9 Å². The fourth-order valence-corrected chi connectivity index (χ4v) is 1.78. The van der Waals surface area contributed by atoms with Gasteiger partial charge in [-0.1, -0.05) is 0 Å². The van der Waals surface area contributed by atoms with Crippen molar-refractivity contribution < 1.29 is 0 Å². The quantitative estimate of drug-likeness (QED) is 0.731. The molecule has 0 spiro atoms. The zero-order chi connectivity index (χ0) is 9.97. The van der Waals surface area contributed by atoms with Crippen LogP contribution in [0.2, 0.25) is 0 Å². The van der Waals surface area contributed by atoms with E-state index in [-0.39, 0.29) is 0 Å². The van der Waals surface area contributed by atoms with Gasteiger partial charge in [0.2, 0.25) is 0 Å². The van der Waals surface area contributed by atoms with E-state index in [1.165, 1.54) is 0 Å². The fraction of sp³-hybridized carbons (Fsp3) is 0.600. The first-order valence-electron chi connectivity index (χ1n) is 5.03. The first-order valence-corrected chi connectivity index (χ1v) is 5.03. The second-order valence-corrected chi connectivity index (χ2v) is 3.69. The highest BCUT2D eigenvalue weighted by Gasteiger charge is 2.19. The molecule has 2 heterocycles. The second kappa shape index (κ2) is 3.92. The van der Waals surface area contributed by atoms with E-state index in [0.717, 1.165) is 36.8 Å². The zero-order valence-electron chi connectivity index (χ0n) is 8.67. The Labute approximate surface area is 84.2 Å². The van der Waals surface area contributed by atoms with Crippen LogP contribution in [-0.2, 0) is 0 Å². The number of nitrogens with zero attached hydrogens (tertiary/aromatic N) is 2. The van der Waals surface area contributed by atoms with Gasteiger partial charge in [0.15, 0.2) is 0 Å². The number of aryl methyl sites for hydroxylation is 1. The van der Waals surface area contributed by atoms with Crippen molar-refractivity contribution in [3.8, 4) is 0 Å². The molecule has 0 amide bonds. The Morgan fingerprint density at radius 2 is 2.36 bits per heavy atom. The minimum atomic E-state index is 0.488. The molecule has 0 aromatic carbocycles. The van der Waals surface area contributed by atoms with Gasteiger partial charge >= 0.3 is 0 Å².